The summed E-state index contributed by atoms with van der Waals surface area (Å²) in [5.41, 5.74) is 7.29. The zero-order chi connectivity index (χ0) is 15.4. The Morgan fingerprint density at radius 1 is 1.18 bits per heavy atom. The van der Waals surface area contributed by atoms with Gasteiger partial charge in [0, 0.05) is 21.0 Å². The van der Waals surface area contributed by atoms with Crippen LogP contribution < -0.4 is 5.43 Å². The number of halogens is 1. The standard InChI is InChI=1S/C17H14BrN3S/c1-12-7-8-14(15(18)9-12)10-19-21-17-20-16(11-22-17)13-5-3-2-4-6-13/h2-11H,1H3,(H,20,21). The molecule has 0 unspecified atom stereocenters. The van der Waals surface area contributed by atoms with E-state index in [-0.39, 0.29) is 0 Å². The van der Waals surface area contributed by atoms with Crippen molar-refractivity contribution >= 4 is 38.6 Å². The van der Waals surface area contributed by atoms with Crippen LogP contribution in [0.4, 0.5) is 5.13 Å². The molecule has 3 rings (SSSR count). The van der Waals surface area contributed by atoms with Gasteiger partial charge < -0.3 is 0 Å². The molecule has 1 aromatic heterocycles. The first-order valence-corrected chi connectivity index (χ1v) is 8.46. The van der Waals surface area contributed by atoms with Gasteiger partial charge in [0.2, 0.25) is 5.13 Å². The topological polar surface area (TPSA) is 37.3 Å². The first-order valence-electron chi connectivity index (χ1n) is 6.78. The van der Waals surface area contributed by atoms with Crippen LogP contribution in [-0.4, -0.2) is 11.2 Å². The molecule has 0 aliphatic carbocycles. The number of aromatic nitrogens is 1. The lowest BCUT2D eigenvalue weighted by Gasteiger charge is -1.99. The molecule has 0 amide bonds. The van der Waals surface area contributed by atoms with Crippen molar-refractivity contribution in [3.8, 4) is 11.3 Å². The van der Waals surface area contributed by atoms with Crippen molar-refractivity contribution in [1.29, 1.82) is 0 Å². The van der Waals surface area contributed by atoms with Crippen LogP contribution in [-0.2, 0) is 0 Å². The van der Waals surface area contributed by atoms with E-state index in [1.165, 1.54) is 16.9 Å². The highest BCUT2D eigenvalue weighted by Crippen LogP contribution is 2.24. The fraction of sp³-hybridized carbons (Fsp3) is 0.0588. The van der Waals surface area contributed by atoms with Gasteiger partial charge in [-0.15, -0.1) is 11.3 Å². The van der Waals surface area contributed by atoms with E-state index in [4.69, 9.17) is 0 Å². The average molecular weight is 372 g/mol. The summed E-state index contributed by atoms with van der Waals surface area (Å²) in [7, 11) is 0. The second-order valence-corrected chi connectivity index (χ2v) is 6.51. The van der Waals surface area contributed by atoms with E-state index in [1.807, 2.05) is 41.8 Å². The van der Waals surface area contributed by atoms with Crippen molar-refractivity contribution < 1.29 is 0 Å². The summed E-state index contributed by atoms with van der Waals surface area (Å²) >= 11 is 5.07. The van der Waals surface area contributed by atoms with Gasteiger partial charge in [0.1, 0.15) is 0 Å². The molecule has 2 aromatic carbocycles. The number of hydrogen-bond acceptors (Lipinski definition) is 4. The smallest absolute Gasteiger partial charge is 0.203 e. The van der Waals surface area contributed by atoms with Gasteiger partial charge in [0.15, 0.2) is 0 Å². The Morgan fingerprint density at radius 2 is 2.00 bits per heavy atom. The number of rotatable bonds is 4. The molecule has 0 atom stereocenters. The van der Waals surface area contributed by atoms with Gasteiger partial charge in [-0.1, -0.05) is 58.4 Å². The monoisotopic (exact) mass is 371 g/mol. The Hall–Kier alpha value is -1.98. The van der Waals surface area contributed by atoms with Crippen LogP contribution in [0.2, 0.25) is 0 Å². The molecule has 0 aliphatic rings. The number of nitrogens with zero attached hydrogens (tertiary/aromatic N) is 2. The fourth-order valence-electron chi connectivity index (χ4n) is 1.96. The molecule has 0 radical (unpaired) electrons. The number of hydrazone groups is 1. The van der Waals surface area contributed by atoms with Crippen molar-refractivity contribution in [2.45, 2.75) is 6.92 Å². The molecular weight excluding hydrogens is 358 g/mol. The molecule has 5 heteroatoms. The van der Waals surface area contributed by atoms with Crippen LogP contribution in [0, 0.1) is 6.92 Å². The van der Waals surface area contributed by atoms with Crippen LogP contribution in [0.3, 0.4) is 0 Å². The van der Waals surface area contributed by atoms with Gasteiger partial charge in [0.05, 0.1) is 11.9 Å². The maximum Gasteiger partial charge on any atom is 0.203 e. The van der Waals surface area contributed by atoms with Crippen molar-refractivity contribution in [1.82, 2.24) is 4.98 Å². The van der Waals surface area contributed by atoms with Crippen molar-refractivity contribution in [3.05, 3.63) is 69.5 Å². The summed E-state index contributed by atoms with van der Waals surface area (Å²) in [5.74, 6) is 0. The Morgan fingerprint density at radius 3 is 2.77 bits per heavy atom. The maximum absolute atomic E-state index is 4.53. The lowest BCUT2D eigenvalue weighted by molar-refractivity contribution is 1.29. The number of benzene rings is 2. The largest absolute Gasteiger partial charge is 0.253 e. The molecule has 0 bridgehead atoms. The lowest BCUT2D eigenvalue weighted by atomic mass is 10.2. The normalized spacial score (nSPS) is 11.0. The molecule has 1 N–H and O–H groups in total. The number of aryl methyl sites for hydroxylation is 1. The summed E-state index contributed by atoms with van der Waals surface area (Å²) in [6.45, 7) is 2.06. The maximum atomic E-state index is 4.53. The SMILES string of the molecule is Cc1ccc(C=NNc2nc(-c3ccccc3)cs2)c(Br)c1. The minimum absolute atomic E-state index is 0.776. The fourth-order valence-corrected chi connectivity index (χ4v) is 3.22. The predicted octanol–water partition coefficient (Wildman–Crippen LogP) is 5.33. The van der Waals surface area contributed by atoms with Crippen molar-refractivity contribution in [2.75, 3.05) is 5.43 Å². The molecule has 0 saturated heterocycles. The summed E-state index contributed by atoms with van der Waals surface area (Å²) in [6.07, 6.45) is 1.78. The van der Waals surface area contributed by atoms with Gasteiger partial charge in [-0.25, -0.2) is 4.98 Å². The summed E-state index contributed by atoms with van der Waals surface area (Å²) in [6, 6.07) is 16.3. The van der Waals surface area contributed by atoms with E-state index in [0.717, 1.165) is 26.4 Å². The zero-order valence-electron chi connectivity index (χ0n) is 12.0. The van der Waals surface area contributed by atoms with Gasteiger partial charge in [0.25, 0.3) is 0 Å². The summed E-state index contributed by atoms with van der Waals surface area (Å²) < 4.78 is 1.03. The third-order valence-electron chi connectivity index (χ3n) is 3.09. The Labute approximate surface area is 141 Å². The minimum atomic E-state index is 0.776. The van der Waals surface area contributed by atoms with Gasteiger partial charge >= 0.3 is 0 Å². The highest BCUT2D eigenvalue weighted by atomic mass is 79.9. The molecule has 0 spiro atoms. The first-order chi connectivity index (χ1) is 10.7. The average Bonchev–Trinajstić information content (AvgIpc) is 2.99. The number of hydrogen-bond donors (Lipinski definition) is 1. The van der Waals surface area contributed by atoms with E-state index in [0.29, 0.717) is 0 Å². The van der Waals surface area contributed by atoms with Crippen molar-refractivity contribution in [2.24, 2.45) is 5.10 Å². The molecule has 110 valence electrons. The quantitative estimate of drug-likeness (QED) is 0.497. The van der Waals surface area contributed by atoms with E-state index >= 15 is 0 Å². The minimum Gasteiger partial charge on any atom is -0.253 e. The summed E-state index contributed by atoms with van der Waals surface area (Å²) in [4.78, 5) is 4.53. The number of thiazole rings is 1. The third-order valence-corrected chi connectivity index (χ3v) is 4.53. The van der Waals surface area contributed by atoms with Crippen LogP contribution in [0.1, 0.15) is 11.1 Å². The highest BCUT2D eigenvalue weighted by Gasteiger charge is 2.03. The summed E-state index contributed by atoms with van der Waals surface area (Å²) in [5, 5.41) is 7.05. The molecular formula is C17H14BrN3S. The van der Waals surface area contributed by atoms with Gasteiger partial charge in [-0.05, 0) is 18.6 Å². The third kappa shape index (κ3) is 3.61. The van der Waals surface area contributed by atoms with Crippen LogP contribution in [0.5, 0.6) is 0 Å². The molecule has 0 aliphatic heterocycles. The second kappa shape index (κ2) is 6.85. The molecule has 3 aromatic rings. The zero-order valence-corrected chi connectivity index (χ0v) is 14.4. The second-order valence-electron chi connectivity index (χ2n) is 4.80. The number of nitrogens with one attached hydrogen (secondary N) is 1. The Balaban J connectivity index is 1.69. The van der Waals surface area contributed by atoms with Crippen LogP contribution >= 0.6 is 27.3 Å². The van der Waals surface area contributed by atoms with E-state index in [1.54, 1.807) is 6.21 Å². The first kappa shape index (κ1) is 14.9. The van der Waals surface area contributed by atoms with E-state index < -0.39 is 0 Å². The molecule has 22 heavy (non-hydrogen) atoms. The highest BCUT2D eigenvalue weighted by molar-refractivity contribution is 9.10. The lowest BCUT2D eigenvalue weighted by Crippen LogP contribution is -1.91. The van der Waals surface area contributed by atoms with Crippen LogP contribution in [0.25, 0.3) is 11.3 Å². The van der Waals surface area contributed by atoms with Gasteiger partial charge in [-0.3, -0.25) is 5.43 Å². The molecule has 0 fully saturated rings. The molecule has 1 heterocycles. The van der Waals surface area contributed by atoms with Gasteiger partial charge in [-0.2, -0.15) is 5.10 Å². The number of anilines is 1. The van der Waals surface area contributed by atoms with E-state index in [2.05, 4.69) is 50.5 Å². The van der Waals surface area contributed by atoms with E-state index in [9.17, 15) is 0 Å². The van der Waals surface area contributed by atoms with Crippen molar-refractivity contribution in [3.63, 3.8) is 0 Å². The Kier molecular flexibility index (Phi) is 4.65. The molecule has 3 nitrogen and oxygen atoms in total. The predicted molar refractivity (Wildman–Crippen MR) is 97.6 cm³/mol. The Bertz CT molecular complexity index is 797. The van der Waals surface area contributed by atoms with Crippen LogP contribution in [0.15, 0.2) is 63.5 Å². The molecule has 0 saturated carbocycles.